The van der Waals surface area contributed by atoms with Gasteiger partial charge < -0.3 is 4.74 Å². The molecule has 0 aliphatic heterocycles. The van der Waals surface area contributed by atoms with Crippen molar-refractivity contribution in [3.63, 3.8) is 0 Å². The predicted octanol–water partition coefficient (Wildman–Crippen LogP) is 3.01. The largest absolute Gasteiger partial charge is 0.496 e. The van der Waals surface area contributed by atoms with E-state index < -0.39 is 0 Å². The molecule has 1 aromatic rings. The average Bonchev–Trinajstić information content (AvgIpc) is 2.29. The van der Waals surface area contributed by atoms with Crippen LogP contribution < -0.4 is 4.74 Å². The fourth-order valence-corrected chi connectivity index (χ4v) is 2.28. The third kappa shape index (κ3) is 3.21. The Hall–Kier alpha value is -1.05. The summed E-state index contributed by atoms with van der Waals surface area (Å²) in [5, 5.41) is 9.22. The van der Waals surface area contributed by atoms with Gasteiger partial charge in [0, 0.05) is 16.0 Å². The molecule has 17 heavy (non-hydrogen) atoms. The Balaban J connectivity index is 3.14. The average molecular weight is 297 g/mol. The first-order chi connectivity index (χ1) is 8.01. The molecular weight excluding hydrogens is 280 g/mol. The highest BCUT2D eigenvalue weighted by Gasteiger charge is 2.23. The van der Waals surface area contributed by atoms with E-state index in [0.717, 1.165) is 15.8 Å². The van der Waals surface area contributed by atoms with E-state index in [0.29, 0.717) is 0 Å². The van der Waals surface area contributed by atoms with Gasteiger partial charge in [-0.05, 0) is 32.3 Å². The smallest absolute Gasteiger partial charge is 0.122 e. The molecule has 1 rings (SSSR count). The van der Waals surface area contributed by atoms with Crippen LogP contribution in [-0.2, 0) is 0 Å². The molecule has 92 valence electrons. The molecule has 1 aromatic carbocycles. The number of halogens is 1. The van der Waals surface area contributed by atoms with Crippen molar-refractivity contribution in [2.24, 2.45) is 0 Å². The van der Waals surface area contributed by atoms with Crippen LogP contribution in [-0.4, -0.2) is 32.1 Å². The zero-order valence-electron chi connectivity index (χ0n) is 10.6. The number of rotatable bonds is 4. The monoisotopic (exact) mass is 296 g/mol. The molecule has 0 fully saturated rings. The maximum absolute atomic E-state index is 9.22. The maximum Gasteiger partial charge on any atom is 0.122 e. The topological polar surface area (TPSA) is 36.3 Å². The summed E-state index contributed by atoms with van der Waals surface area (Å²) in [6.45, 7) is 2.04. The summed E-state index contributed by atoms with van der Waals surface area (Å²) >= 11 is 3.45. The van der Waals surface area contributed by atoms with Gasteiger partial charge in [-0.1, -0.05) is 22.9 Å². The lowest BCUT2D eigenvalue weighted by Gasteiger charge is -2.25. The van der Waals surface area contributed by atoms with Crippen LogP contribution in [0.3, 0.4) is 0 Å². The maximum atomic E-state index is 9.22. The minimum absolute atomic E-state index is 0.0856. The summed E-state index contributed by atoms with van der Waals surface area (Å²) in [4.78, 5) is 1.92. The SMILES string of the molecule is COc1ccc(Br)cc1C(C)C(C#N)N(C)C. The number of methoxy groups -OCH3 is 1. The molecule has 0 aromatic heterocycles. The van der Waals surface area contributed by atoms with Crippen LogP contribution in [0.15, 0.2) is 22.7 Å². The quantitative estimate of drug-likeness (QED) is 0.857. The van der Waals surface area contributed by atoms with Crippen molar-refractivity contribution >= 4 is 15.9 Å². The summed E-state index contributed by atoms with van der Waals surface area (Å²) in [6, 6.07) is 8.02. The molecule has 2 unspecified atom stereocenters. The van der Waals surface area contributed by atoms with E-state index in [1.165, 1.54) is 0 Å². The first-order valence-electron chi connectivity index (χ1n) is 5.40. The zero-order valence-corrected chi connectivity index (χ0v) is 12.2. The molecule has 0 heterocycles. The highest BCUT2D eigenvalue weighted by Crippen LogP contribution is 2.32. The second-order valence-corrected chi connectivity index (χ2v) is 5.13. The second kappa shape index (κ2) is 6.04. The van der Waals surface area contributed by atoms with Gasteiger partial charge in [-0.15, -0.1) is 0 Å². The Labute approximate surface area is 111 Å². The van der Waals surface area contributed by atoms with Crippen molar-refractivity contribution in [3.05, 3.63) is 28.2 Å². The van der Waals surface area contributed by atoms with Crippen LogP contribution in [0.2, 0.25) is 0 Å². The first-order valence-corrected chi connectivity index (χ1v) is 6.20. The number of hydrogen-bond acceptors (Lipinski definition) is 3. The normalized spacial score (nSPS) is 14.2. The van der Waals surface area contributed by atoms with E-state index >= 15 is 0 Å². The lowest BCUT2D eigenvalue weighted by atomic mass is 9.92. The van der Waals surface area contributed by atoms with E-state index in [1.54, 1.807) is 7.11 Å². The summed E-state index contributed by atoms with van der Waals surface area (Å²) in [7, 11) is 5.47. The van der Waals surface area contributed by atoms with Crippen molar-refractivity contribution < 1.29 is 4.74 Å². The third-order valence-electron chi connectivity index (χ3n) is 2.84. The molecule has 0 aliphatic carbocycles. The minimum atomic E-state index is -0.168. The lowest BCUT2D eigenvalue weighted by molar-refractivity contribution is 0.310. The van der Waals surface area contributed by atoms with Gasteiger partial charge in [-0.2, -0.15) is 5.26 Å². The summed E-state index contributed by atoms with van der Waals surface area (Å²) in [5.74, 6) is 0.908. The van der Waals surface area contributed by atoms with Gasteiger partial charge in [0.05, 0.1) is 13.2 Å². The summed E-state index contributed by atoms with van der Waals surface area (Å²) in [6.07, 6.45) is 0. The van der Waals surface area contributed by atoms with Crippen molar-refractivity contribution in [1.29, 1.82) is 5.26 Å². The van der Waals surface area contributed by atoms with Crippen LogP contribution in [0.5, 0.6) is 5.75 Å². The van der Waals surface area contributed by atoms with Gasteiger partial charge in [0.15, 0.2) is 0 Å². The highest BCUT2D eigenvalue weighted by molar-refractivity contribution is 9.10. The lowest BCUT2D eigenvalue weighted by Crippen LogP contribution is -2.31. The minimum Gasteiger partial charge on any atom is -0.496 e. The van der Waals surface area contributed by atoms with E-state index in [1.807, 2.05) is 44.1 Å². The van der Waals surface area contributed by atoms with Crippen molar-refractivity contribution in [3.8, 4) is 11.8 Å². The Kier molecular flexibility index (Phi) is 4.98. The molecule has 0 bridgehead atoms. The van der Waals surface area contributed by atoms with Crippen LogP contribution in [0.1, 0.15) is 18.4 Å². The molecule has 2 atom stereocenters. The summed E-state index contributed by atoms with van der Waals surface area (Å²) in [5.41, 5.74) is 1.04. The van der Waals surface area contributed by atoms with Gasteiger partial charge in [0.25, 0.3) is 0 Å². The highest BCUT2D eigenvalue weighted by atomic mass is 79.9. The Morgan fingerprint density at radius 2 is 2.06 bits per heavy atom. The summed E-state index contributed by atoms with van der Waals surface area (Å²) < 4.78 is 6.34. The number of hydrogen-bond donors (Lipinski definition) is 0. The second-order valence-electron chi connectivity index (χ2n) is 4.21. The van der Waals surface area contributed by atoms with Crippen LogP contribution >= 0.6 is 15.9 Å². The molecule has 0 aliphatic rings. The van der Waals surface area contributed by atoms with Gasteiger partial charge in [0.1, 0.15) is 11.8 Å². The van der Waals surface area contributed by atoms with Crippen LogP contribution in [0, 0.1) is 11.3 Å². The number of nitrogens with zero attached hydrogens (tertiary/aromatic N) is 2. The van der Waals surface area contributed by atoms with E-state index in [-0.39, 0.29) is 12.0 Å². The Morgan fingerprint density at radius 1 is 1.41 bits per heavy atom. The fraction of sp³-hybridized carbons (Fsp3) is 0.462. The van der Waals surface area contributed by atoms with Crippen molar-refractivity contribution in [2.45, 2.75) is 18.9 Å². The molecule has 0 spiro atoms. The Morgan fingerprint density at radius 3 is 2.53 bits per heavy atom. The molecule has 0 N–H and O–H groups in total. The molecule has 0 amide bonds. The predicted molar refractivity (Wildman–Crippen MR) is 72.2 cm³/mol. The van der Waals surface area contributed by atoms with Gasteiger partial charge >= 0.3 is 0 Å². The number of nitriles is 1. The molecule has 3 nitrogen and oxygen atoms in total. The van der Waals surface area contributed by atoms with Crippen molar-refractivity contribution in [2.75, 3.05) is 21.2 Å². The Bertz CT molecular complexity index is 426. The molecule has 4 heteroatoms. The van der Waals surface area contributed by atoms with Gasteiger partial charge in [0.2, 0.25) is 0 Å². The molecule has 0 radical (unpaired) electrons. The number of ether oxygens (including phenoxy) is 1. The molecular formula is C13H17BrN2O. The number of likely N-dealkylation sites (N-methyl/N-ethyl adjacent to an activating group) is 1. The van der Waals surface area contributed by atoms with E-state index in [2.05, 4.69) is 22.0 Å². The molecule has 0 saturated heterocycles. The van der Waals surface area contributed by atoms with Gasteiger partial charge in [-0.25, -0.2) is 0 Å². The van der Waals surface area contributed by atoms with Gasteiger partial charge in [-0.3, -0.25) is 4.90 Å². The molecule has 0 saturated carbocycles. The van der Waals surface area contributed by atoms with E-state index in [9.17, 15) is 5.26 Å². The number of benzene rings is 1. The zero-order chi connectivity index (χ0) is 13.0. The van der Waals surface area contributed by atoms with Crippen LogP contribution in [0.4, 0.5) is 0 Å². The first kappa shape index (κ1) is 14.0. The van der Waals surface area contributed by atoms with Crippen LogP contribution in [0.25, 0.3) is 0 Å². The third-order valence-corrected chi connectivity index (χ3v) is 3.34. The van der Waals surface area contributed by atoms with E-state index in [4.69, 9.17) is 4.74 Å². The van der Waals surface area contributed by atoms with Crippen molar-refractivity contribution in [1.82, 2.24) is 4.90 Å². The fourth-order valence-electron chi connectivity index (χ4n) is 1.91. The standard InChI is InChI=1S/C13H17BrN2O/c1-9(12(8-15)16(2)3)11-7-10(14)5-6-13(11)17-4/h5-7,9,12H,1-4H3.